The van der Waals surface area contributed by atoms with Crippen LogP contribution in [0.3, 0.4) is 0 Å². The Morgan fingerprint density at radius 2 is 1.89 bits per heavy atom. The van der Waals surface area contributed by atoms with Gasteiger partial charge < -0.3 is 10.2 Å². The summed E-state index contributed by atoms with van der Waals surface area (Å²) >= 11 is 6.27. The zero-order valence-electron chi connectivity index (χ0n) is 17.6. The highest BCUT2D eigenvalue weighted by atomic mass is 35.5. The summed E-state index contributed by atoms with van der Waals surface area (Å²) < 4.78 is 0. The summed E-state index contributed by atoms with van der Waals surface area (Å²) in [4.78, 5) is 10.2. The second-order valence-electron chi connectivity index (χ2n) is 8.23. The monoisotopic (exact) mass is 390 g/mol. The topological polar surface area (TPSA) is 30.9 Å². The van der Waals surface area contributed by atoms with Gasteiger partial charge in [-0.25, -0.2) is 4.99 Å². The van der Waals surface area contributed by atoms with Gasteiger partial charge in [-0.2, -0.15) is 0 Å². The van der Waals surface area contributed by atoms with Crippen molar-refractivity contribution in [1.29, 1.82) is 0 Å². The molecular formula is C22H35ClN4. The van der Waals surface area contributed by atoms with Gasteiger partial charge in [0.25, 0.3) is 0 Å². The predicted molar refractivity (Wildman–Crippen MR) is 116 cm³/mol. The Balaban J connectivity index is 1.85. The molecule has 5 heteroatoms. The van der Waals surface area contributed by atoms with Gasteiger partial charge >= 0.3 is 0 Å². The average molecular weight is 391 g/mol. The Kier molecular flexibility index (Phi) is 6.69. The maximum atomic E-state index is 6.27. The van der Waals surface area contributed by atoms with Crippen LogP contribution in [0.1, 0.15) is 53.4 Å². The van der Waals surface area contributed by atoms with Gasteiger partial charge in [0.1, 0.15) is 0 Å². The Hall–Kier alpha value is -1.26. The summed E-state index contributed by atoms with van der Waals surface area (Å²) in [5.41, 5.74) is 3.41. The van der Waals surface area contributed by atoms with E-state index in [1.165, 1.54) is 37.9 Å². The molecule has 4 nitrogen and oxygen atoms in total. The van der Waals surface area contributed by atoms with E-state index in [9.17, 15) is 0 Å². The number of amidine groups is 1. The molecule has 0 spiro atoms. The molecule has 0 aromatic rings. The molecule has 1 aliphatic carbocycles. The Bertz CT molecular complexity index is 672. The van der Waals surface area contributed by atoms with Crippen molar-refractivity contribution in [2.45, 2.75) is 65.5 Å². The van der Waals surface area contributed by atoms with Crippen LogP contribution in [0.2, 0.25) is 0 Å². The maximum absolute atomic E-state index is 6.27. The summed E-state index contributed by atoms with van der Waals surface area (Å²) in [5.74, 6) is 1.73. The SMILES string of the molecule is C/C=C(Cl)\C=C(/C)C(/N=C(\C)NC)=C(C)N1CC2CCN(C3CCC3)C2C1. The number of rotatable bonds is 5. The molecule has 0 radical (unpaired) electrons. The highest BCUT2D eigenvalue weighted by Gasteiger charge is 2.45. The van der Waals surface area contributed by atoms with Gasteiger partial charge in [0.05, 0.1) is 11.5 Å². The second kappa shape index (κ2) is 8.83. The van der Waals surface area contributed by atoms with Crippen LogP contribution >= 0.6 is 11.6 Å². The van der Waals surface area contributed by atoms with Crippen molar-refractivity contribution in [3.05, 3.63) is 34.2 Å². The lowest BCUT2D eigenvalue weighted by atomic mass is 9.90. The van der Waals surface area contributed by atoms with Gasteiger partial charge in [-0.15, -0.1) is 0 Å². The summed E-state index contributed by atoms with van der Waals surface area (Å²) in [5, 5.41) is 3.91. The number of fused-ring (bicyclic) bond motifs is 1. The van der Waals surface area contributed by atoms with Crippen molar-refractivity contribution in [1.82, 2.24) is 15.1 Å². The number of nitrogens with one attached hydrogen (secondary N) is 1. The third-order valence-electron chi connectivity index (χ3n) is 6.60. The zero-order chi connectivity index (χ0) is 19.6. The van der Waals surface area contributed by atoms with Crippen LogP contribution in [0, 0.1) is 5.92 Å². The number of nitrogens with zero attached hydrogens (tertiary/aromatic N) is 3. The fourth-order valence-electron chi connectivity index (χ4n) is 4.63. The van der Waals surface area contributed by atoms with Crippen LogP contribution in [0.15, 0.2) is 39.1 Å². The summed E-state index contributed by atoms with van der Waals surface area (Å²) in [6, 6.07) is 1.58. The summed E-state index contributed by atoms with van der Waals surface area (Å²) in [6.07, 6.45) is 9.50. The highest BCUT2D eigenvalue weighted by molar-refractivity contribution is 6.31. The van der Waals surface area contributed by atoms with Crippen LogP contribution in [0.4, 0.5) is 0 Å². The van der Waals surface area contributed by atoms with Crippen molar-refractivity contribution in [3.8, 4) is 0 Å². The molecule has 2 unspecified atom stereocenters. The van der Waals surface area contributed by atoms with Crippen molar-refractivity contribution in [3.63, 3.8) is 0 Å². The molecule has 1 saturated carbocycles. The molecule has 3 aliphatic rings. The molecule has 0 amide bonds. The molecule has 3 fully saturated rings. The summed E-state index contributed by atoms with van der Waals surface area (Å²) in [6.45, 7) is 11.9. The van der Waals surface area contributed by atoms with E-state index >= 15 is 0 Å². The van der Waals surface area contributed by atoms with Crippen LogP contribution in [-0.4, -0.2) is 54.4 Å². The molecule has 2 atom stereocenters. The lowest BCUT2D eigenvalue weighted by Crippen LogP contribution is -2.45. The fraction of sp³-hybridized carbons (Fsp3) is 0.682. The van der Waals surface area contributed by atoms with E-state index in [1.807, 2.05) is 33.0 Å². The van der Waals surface area contributed by atoms with Crippen molar-refractivity contribution >= 4 is 17.4 Å². The Morgan fingerprint density at radius 1 is 1.15 bits per heavy atom. The van der Waals surface area contributed by atoms with E-state index in [-0.39, 0.29) is 0 Å². The number of halogens is 1. The average Bonchev–Trinajstić information content (AvgIpc) is 3.19. The number of aliphatic imine (C=N–C) groups is 1. The third-order valence-corrected chi connectivity index (χ3v) is 6.92. The number of likely N-dealkylation sites (tertiary alicyclic amines) is 2. The lowest BCUT2D eigenvalue weighted by Gasteiger charge is -2.38. The third kappa shape index (κ3) is 4.43. The largest absolute Gasteiger partial charge is 0.377 e. The first-order chi connectivity index (χ1) is 12.9. The number of hydrogen-bond acceptors (Lipinski definition) is 3. The highest BCUT2D eigenvalue weighted by Crippen LogP contribution is 2.39. The quantitative estimate of drug-likeness (QED) is 0.426. The zero-order valence-corrected chi connectivity index (χ0v) is 18.3. The molecule has 2 heterocycles. The Morgan fingerprint density at radius 3 is 2.48 bits per heavy atom. The van der Waals surface area contributed by atoms with Crippen LogP contribution < -0.4 is 5.32 Å². The van der Waals surface area contributed by atoms with Gasteiger partial charge in [0, 0.05) is 43.0 Å². The van der Waals surface area contributed by atoms with E-state index in [4.69, 9.17) is 16.6 Å². The van der Waals surface area contributed by atoms with Crippen molar-refractivity contribution in [2.75, 3.05) is 26.7 Å². The van der Waals surface area contributed by atoms with E-state index in [2.05, 4.69) is 29.0 Å². The van der Waals surface area contributed by atoms with Crippen molar-refractivity contribution < 1.29 is 0 Å². The number of hydrogen-bond donors (Lipinski definition) is 1. The lowest BCUT2D eigenvalue weighted by molar-refractivity contribution is 0.109. The normalized spacial score (nSPS) is 29.0. The molecule has 150 valence electrons. The predicted octanol–water partition coefficient (Wildman–Crippen LogP) is 4.50. The van der Waals surface area contributed by atoms with E-state index in [0.717, 1.165) is 53.2 Å². The van der Waals surface area contributed by atoms with E-state index in [0.29, 0.717) is 0 Å². The molecular weight excluding hydrogens is 356 g/mol. The maximum Gasteiger partial charge on any atom is 0.0989 e. The first-order valence-corrected chi connectivity index (χ1v) is 10.8. The molecule has 0 bridgehead atoms. The van der Waals surface area contributed by atoms with Gasteiger partial charge in [-0.3, -0.25) is 4.90 Å². The fourth-order valence-corrected chi connectivity index (χ4v) is 4.79. The van der Waals surface area contributed by atoms with Crippen LogP contribution in [0.25, 0.3) is 0 Å². The standard InChI is InChI=1S/C22H35ClN4/c1-6-19(23)12-15(2)22(25-17(4)24-5)16(3)26-13-18-10-11-27(21(18)14-26)20-8-7-9-20/h6,12,18,20-21H,7-11,13-14H2,1-5H3,(H,24,25)/b15-12+,19-6+,22-16?. The first-order valence-electron chi connectivity index (χ1n) is 10.4. The van der Waals surface area contributed by atoms with Crippen LogP contribution in [0.5, 0.6) is 0 Å². The molecule has 2 saturated heterocycles. The van der Waals surface area contributed by atoms with Crippen LogP contribution in [-0.2, 0) is 0 Å². The van der Waals surface area contributed by atoms with Gasteiger partial charge in [-0.1, -0.05) is 24.1 Å². The van der Waals surface area contributed by atoms with E-state index < -0.39 is 0 Å². The second-order valence-corrected chi connectivity index (χ2v) is 8.66. The molecule has 27 heavy (non-hydrogen) atoms. The molecule has 0 aromatic heterocycles. The molecule has 3 rings (SSSR count). The summed E-state index contributed by atoms with van der Waals surface area (Å²) in [7, 11) is 1.92. The molecule has 0 aromatic carbocycles. The van der Waals surface area contributed by atoms with E-state index in [1.54, 1.807) is 0 Å². The molecule has 2 aliphatic heterocycles. The van der Waals surface area contributed by atoms with Gasteiger partial charge in [-0.05, 0) is 71.1 Å². The molecule has 1 N–H and O–H groups in total. The Labute approximate surface area is 170 Å². The van der Waals surface area contributed by atoms with Gasteiger partial charge in [0.15, 0.2) is 0 Å². The first kappa shape index (κ1) is 20.5. The van der Waals surface area contributed by atoms with Gasteiger partial charge in [0.2, 0.25) is 0 Å². The minimum absolute atomic E-state index is 0.726. The minimum Gasteiger partial charge on any atom is -0.377 e. The smallest absolute Gasteiger partial charge is 0.0989 e. The number of allylic oxidation sites excluding steroid dienone is 5. The minimum atomic E-state index is 0.726. The van der Waals surface area contributed by atoms with Crippen molar-refractivity contribution in [2.24, 2.45) is 10.9 Å².